The molecule has 2 rings (SSSR count). The molecule has 0 bridgehead atoms. The zero-order valence-electron chi connectivity index (χ0n) is 9.01. The van der Waals surface area contributed by atoms with Gasteiger partial charge in [0.15, 0.2) is 0 Å². The summed E-state index contributed by atoms with van der Waals surface area (Å²) in [7, 11) is 0. The van der Waals surface area contributed by atoms with Gasteiger partial charge < -0.3 is 10.4 Å². The molecular weight excluding hydrogens is 222 g/mol. The highest BCUT2D eigenvalue weighted by atomic mass is 16.6. The standard InChI is InChI=1S/C11H11N3O3/c12-6-8-1-2-9(5-10(8)14(16)17)13-11(7-15)3-4-11/h1-2,5,13,15H,3-4,7H2. The van der Waals surface area contributed by atoms with Crippen LogP contribution >= 0.6 is 0 Å². The van der Waals surface area contributed by atoms with Crippen LogP contribution in [0.4, 0.5) is 11.4 Å². The molecule has 0 unspecified atom stereocenters. The third-order valence-electron chi connectivity index (χ3n) is 2.88. The van der Waals surface area contributed by atoms with Crippen molar-refractivity contribution in [2.45, 2.75) is 18.4 Å². The van der Waals surface area contributed by atoms with Crippen LogP contribution in [-0.4, -0.2) is 22.2 Å². The Hall–Kier alpha value is -2.13. The van der Waals surface area contributed by atoms with Gasteiger partial charge >= 0.3 is 0 Å². The molecule has 1 aromatic carbocycles. The van der Waals surface area contributed by atoms with Gasteiger partial charge in [0.05, 0.1) is 17.1 Å². The quantitative estimate of drug-likeness (QED) is 0.605. The van der Waals surface area contributed by atoms with Crippen LogP contribution in [0.15, 0.2) is 18.2 Å². The first-order chi connectivity index (χ1) is 8.10. The lowest BCUT2D eigenvalue weighted by molar-refractivity contribution is -0.385. The average Bonchev–Trinajstić information content (AvgIpc) is 3.09. The molecule has 6 nitrogen and oxygen atoms in total. The van der Waals surface area contributed by atoms with Gasteiger partial charge in [-0.25, -0.2) is 0 Å². The van der Waals surface area contributed by atoms with E-state index in [-0.39, 0.29) is 23.4 Å². The second kappa shape index (κ2) is 4.03. The summed E-state index contributed by atoms with van der Waals surface area (Å²) in [6.07, 6.45) is 1.69. The zero-order chi connectivity index (χ0) is 12.5. The topological polar surface area (TPSA) is 99.2 Å². The maximum Gasteiger partial charge on any atom is 0.289 e. The van der Waals surface area contributed by atoms with Crippen LogP contribution < -0.4 is 5.32 Å². The Balaban J connectivity index is 2.29. The molecule has 1 aromatic rings. The highest BCUT2D eigenvalue weighted by Gasteiger charge is 2.42. The molecule has 0 spiro atoms. The molecule has 1 fully saturated rings. The zero-order valence-corrected chi connectivity index (χ0v) is 9.01. The monoisotopic (exact) mass is 233 g/mol. The Morgan fingerprint density at radius 3 is 2.76 bits per heavy atom. The molecule has 0 aromatic heterocycles. The average molecular weight is 233 g/mol. The molecule has 0 saturated heterocycles. The van der Waals surface area contributed by atoms with Crippen molar-refractivity contribution in [3.8, 4) is 6.07 Å². The maximum absolute atomic E-state index is 10.8. The van der Waals surface area contributed by atoms with Crippen LogP contribution in [0.25, 0.3) is 0 Å². The summed E-state index contributed by atoms with van der Waals surface area (Å²) in [5.41, 5.74) is 0.0464. The Labute approximate surface area is 97.6 Å². The summed E-state index contributed by atoms with van der Waals surface area (Å²) in [4.78, 5) is 10.2. The number of aliphatic hydroxyl groups excluding tert-OH is 1. The number of nitriles is 1. The van der Waals surface area contributed by atoms with E-state index in [1.807, 2.05) is 0 Å². The number of nitrogens with one attached hydrogen (secondary N) is 1. The van der Waals surface area contributed by atoms with Gasteiger partial charge in [0.2, 0.25) is 0 Å². The predicted molar refractivity (Wildman–Crippen MR) is 60.5 cm³/mol. The largest absolute Gasteiger partial charge is 0.394 e. The van der Waals surface area contributed by atoms with Crippen molar-refractivity contribution in [1.82, 2.24) is 0 Å². The van der Waals surface area contributed by atoms with Crippen LogP contribution in [0.2, 0.25) is 0 Å². The number of rotatable bonds is 4. The highest BCUT2D eigenvalue weighted by molar-refractivity contribution is 5.60. The van der Waals surface area contributed by atoms with Gasteiger partial charge in [-0.2, -0.15) is 5.26 Å². The van der Waals surface area contributed by atoms with E-state index in [2.05, 4.69) is 5.32 Å². The lowest BCUT2D eigenvalue weighted by Gasteiger charge is -2.15. The van der Waals surface area contributed by atoms with Crippen LogP contribution in [0.1, 0.15) is 18.4 Å². The van der Waals surface area contributed by atoms with E-state index in [4.69, 9.17) is 10.4 Å². The Bertz CT molecular complexity index is 503. The molecule has 0 amide bonds. The van der Waals surface area contributed by atoms with Crippen LogP contribution in [0.3, 0.4) is 0 Å². The normalized spacial score (nSPS) is 16.0. The van der Waals surface area contributed by atoms with E-state index >= 15 is 0 Å². The van der Waals surface area contributed by atoms with Gasteiger partial charge in [0.1, 0.15) is 11.6 Å². The van der Waals surface area contributed by atoms with Gasteiger partial charge in [-0.15, -0.1) is 0 Å². The van der Waals surface area contributed by atoms with Crippen LogP contribution in [-0.2, 0) is 0 Å². The van der Waals surface area contributed by atoms with Crippen molar-refractivity contribution >= 4 is 11.4 Å². The van der Waals surface area contributed by atoms with Gasteiger partial charge in [-0.3, -0.25) is 10.1 Å². The number of anilines is 1. The number of hydrogen-bond donors (Lipinski definition) is 2. The van der Waals surface area contributed by atoms with Crippen LogP contribution in [0, 0.1) is 21.4 Å². The van der Waals surface area contributed by atoms with Gasteiger partial charge in [0.25, 0.3) is 5.69 Å². The first kappa shape index (κ1) is 11.4. The highest BCUT2D eigenvalue weighted by Crippen LogP contribution is 2.39. The molecule has 6 heteroatoms. The lowest BCUT2D eigenvalue weighted by atomic mass is 10.1. The molecule has 1 saturated carbocycles. The van der Waals surface area contributed by atoms with Crippen molar-refractivity contribution in [1.29, 1.82) is 5.26 Å². The summed E-state index contributed by atoms with van der Waals surface area (Å²) in [5, 5.41) is 31.7. The predicted octanol–water partition coefficient (Wildman–Crippen LogP) is 1.40. The smallest absolute Gasteiger partial charge is 0.289 e. The molecule has 17 heavy (non-hydrogen) atoms. The second-order valence-electron chi connectivity index (χ2n) is 4.16. The molecule has 88 valence electrons. The minimum Gasteiger partial charge on any atom is -0.394 e. The van der Waals surface area contributed by atoms with Crippen molar-refractivity contribution < 1.29 is 10.0 Å². The third-order valence-corrected chi connectivity index (χ3v) is 2.88. The molecule has 0 aliphatic heterocycles. The third kappa shape index (κ3) is 2.19. The Morgan fingerprint density at radius 1 is 1.59 bits per heavy atom. The minimum absolute atomic E-state index is 0.000793. The van der Waals surface area contributed by atoms with Crippen molar-refractivity contribution in [2.75, 3.05) is 11.9 Å². The Kier molecular flexibility index (Phi) is 2.69. The maximum atomic E-state index is 10.8. The number of benzene rings is 1. The molecule has 0 atom stereocenters. The van der Waals surface area contributed by atoms with E-state index in [1.165, 1.54) is 12.1 Å². The lowest BCUT2D eigenvalue weighted by Crippen LogP contribution is -2.25. The minimum atomic E-state index is -0.581. The summed E-state index contributed by atoms with van der Waals surface area (Å²) in [6.45, 7) is 0.000793. The summed E-state index contributed by atoms with van der Waals surface area (Å²) in [6, 6.07) is 6.13. The Morgan fingerprint density at radius 2 is 2.29 bits per heavy atom. The molecular formula is C11H11N3O3. The van der Waals surface area contributed by atoms with Gasteiger partial charge in [-0.1, -0.05) is 0 Å². The SMILES string of the molecule is N#Cc1ccc(NC2(CO)CC2)cc1[N+](=O)[O-]. The number of nitrogens with zero attached hydrogens (tertiary/aromatic N) is 2. The molecule has 1 aliphatic rings. The van der Waals surface area contributed by atoms with Gasteiger partial charge in [0, 0.05) is 11.8 Å². The number of hydrogen-bond acceptors (Lipinski definition) is 5. The summed E-state index contributed by atoms with van der Waals surface area (Å²) < 4.78 is 0. The number of nitro benzene ring substituents is 1. The van der Waals surface area contributed by atoms with Crippen molar-refractivity contribution in [3.05, 3.63) is 33.9 Å². The van der Waals surface area contributed by atoms with Gasteiger partial charge in [-0.05, 0) is 25.0 Å². The second-order valence-corrected chi connectivity index (χ2v) is 4.16. The van der Waals surface area contributed by atoms with E-state index in [9.17, 15) is 10.1 Å². The van der Waals surface area contributed by atoms with Crippen LogP contribution in [0.5, 0.6) is 0 Å². The first-order valence-corrected chi connectivity index (χ1v) is 5.18. The fourth-order valence-corrected chi connectivity index (χ4v) is 1.63. The van der Waals surface area contributed by atoms with E-state index in [1.54, 1.807) is 12.1 Å². The van der Waals surface area contributed by atoms with Crippen molar-refractivity contribution in [2.24, 2.45) is 0 Å². The molecule has 0 heterocycles. The molecule has 2 N–H and O–H groups in total. The van der Waals surface area contributed by atoms with E-state index in [0.29, 0.717) is 5.69 Å². The van der Waals surface area contributed by atoms with E-state index < -0.39 is 4.92 Å². The summed E-state index contributed by atoms with van der Waals surface area (Å²) in [5.74, 6) is 0. The summed E-state index contributed by atoms with van der Waals surface area (Å²) >= 11 is 0. The van der Waals surface area contributed by atoms with Crippen molar-refractivity contribution in [3.63, 3.8) is 0 Å². The first-order valence-electron chi connectivity index (χ1n) is 5.18. The molecule has 1 aliphatic carbocycles. The molecule has 0 radical (unpaired) electrons. The number of aliphatic hydroxyl groups is 1. The fraction of sp³-hybridized carbons (Fsp3) is 0.364. The fourth-order valence-electron chi connectivity index (χ4n) is 1.63. The number of nitro groups is 1. The van der Waals surface area contributed by atoms with E-state index in [0.717, 1.165) is 12.8 Å².